The van der Waals surface area contributed by atoms with Crippen molar-refractivity contribution in [3.8, 4) is 22.8 Å². The lowest BCUT2D eigenvalue weighted by Crippen LogP contribution is -2.05. The van der Waals surface area contributed by atoms with E-state index in [1.165, 1.54) is 12.1 Å². The van der Waals surface area contributed by atoms with Crippen LogP contribution in [0.2, 0.25) is 0 Å². The predicted octanol–water partition coefficient (Wildman–Crippen LogP) is 2.65. The second-order valence-corrected chi connectivity index (χ2v) is 4.98. The van der Waals surface area contributed by atoms with Crippen molar-refractivity contribution in [2.75, 3.05) is 12.5 Å². The highest BCUT2D eigenvalue weighted by atomic mass is 19.1. The molecule has 0 saturated heterocycles. The van der Waals surface area contributed by atoms with Gasteiger partial charge < -0.3 is 20.2 Å². The van der Waals surface area contributed by atoms with E-state index in [0.29, 0.717) is 39.3 Å². The Kier molecular flexibility index (Phi) is 2.59. The molecule has 5 nitrogen and oxygen atoms in total. The second-order valence-electron chi connectivity index (χ2n) is 4.98. The van der Waals surface area contributed by atoms with Gasteiger partial charge in [0.25, 0.3) is 0 Å². The molecule has 22 heavy (non-hydrogen) atoms. The van der Waals surface area contributed by atoms with Crippen molar-refractivity contribution < 1.29 is 13.9 Å². The van der Waals surface area contributed by atoms with E-state index in [4.69, 9.17) is 15.2 Å². The summed E-state index contributed by atoms with van der Waals surface area (Å²) >= 11 is 0. The third-order valence-electron chi connectivity index (χ3n) is 3.63. The number of ether oxygens (including phenoxy) is 2. The first-order valence-corrected chi connectivity index (χ1v) is 6.65. The molecule has 6 heteroatoms. The molecule has 2 aromatic carbocycles. The highest BCUT2D eigenvalue weighted by Crippen LogP contribution is 2.42. The number of nitrogens with two attached hydrogens (primary N) is 1. The molecule has 0 spiro atoms. The molecule has 1 aliphatic heterocycles. The van der Waals surface area contributed by atoms with Gasteiger partial charge in [-0.1, -0.05) is 12.1 Å². The Morgan fingerprint density at radius 3 is 2.73 bits per heavy atom. The number of benzene rings is 2. The Morgan fingerprint density at radius 2 is 1.91 bits per heavy atom. The van der Waals surface area contributed by atoms with Crippen LogP contribution in [0.5, 0.6) is 11.5 Å². The number of nitrogens with one attached hydrogen (secondary N) is 1. The maximum atomic E-state index is 13.9. The van der Waals surface area contributed by atoms with Gasteiger partial charge >= 0.3 is 0 Å². The van der Waals surface area contributed by atoms with Crippen LogP contribution in [0.15, 0.2) is 41.2 Å². The van der Waals surface area contributed by atoms with E-state index in [-0.39, 0.29) is 12.2 Å². The van der Waals surface area contributed by atoms with Gasteiger partial charge in [0.05, 0.1) is 22.3 Å². The van der Waals surface area contributed by atoms with Crippen molar-refractivity contribution >= 4 is 16.6 Å². The quantitative estimate of drug-likeness (QED) is 0.677. The summed E-state index contributed by atoms with van der Waals surface area (Å²) in [6.45, 7) is 0.0210. The molecule has 4 rings (SSSR count). The lowest BCUT2D eigenvalue weighted by atomic mass is 10.1. The third-order valence-corrected chi connectivity index (χ3v) is 3.63. The van der Waals surface area contributed by atoms with Gasteiger partial charge in [-0.05, 0) is 18.2 Å². The van der Waals surface area contributed by atoms with Gasteiger partial charge in [-0.2, -0.15) is 0 Å². The average Bonchev–Trinajstić information content (AvgIpc) is 2.97. The summed E-state index contributed by atoms with van der Waals surface area (Å²) in [4.78, 5) is 15.5. The van der Waals surface area contributed by atoms with E-state index in [2.05, 4.69) is 4.98 Å². The minimum absolute atomic E-state index is 0.0210. The normalized spacial score (nSPS) is 12.8. The van der Waals surface area contributed by atoms with E-state index in [1.54, 1.807) is 24.3 Å². The van der Waals surface area contributed by atoms with Crippen molar-refractivity contribution in [2.24, 2.45) is 0 Å². The largest absolute Gasteiger partial charge is 0.453 e. The first-order chi connectivity index (χ1) is 10.6. The monoisotopic (exact) mass is 298 g/mol. The molecule has 0 aliphatic carbocycles. The Hall–Kier alpha value is -3.02. The Bertz CT molecular complexity index is 965. The van der Waals surface area contributed by atoms with Crippen LogP contribution in [0.25, 0.3) is 22.2 Å². The number of hydrogen-bond acceptors (Lipinski definition) is 4. The van der Waals surface area contributed by atoms with E-state index < -0.39 is 5.82 Å². The minimum atomic E-state index is -0.411. The van der Waals surface area contributed by atoms with Gasteiger partial charge in [0.2, 0.25) is 6.79 Å². The molecule has 0 atom stereocenters. The molecule has 3 aromatic rings. The number of rotatable bonds is 1. The smallest absolute Gasteiger partial charge is 0.231 e. The SMILES string of the molecule is Nc1cc2[nH]c(-c3ccccc3F)cc(=O)c2c2c1OCO2. The number of fused-ring (bicyclic) bond motifs is 3. The van der Waals surface area contributed by atoms with Crippen LogP contribution in [0, 0.1) is 5.82 Å². The third kappa shape index (κ3) is 1.74. The predicted molar refractivity (Wildman–Crippen MR) is 80.5 cm³/mol. The molecule has 1 aliphatic rings. The number of H-pyrrole nitrogens is 1. The number of anilines is 1. The van der Waals surface area contributed by atoms with Crippen LogP contribution in [0.3, 0.4) is 0 Å². The molecule has 1 aromatic heterocycles. The maximum Gasteiger partial charge on any atom is 0.231 e. The minimum Gasteiger partial charge on any atom is -0.453 e. The first kappa shape index (κ1) is 12.7. The topological polar surface area (TPSA) is 77.3 Å². The highest BCUT2D eigenvalue weighted by molar-refractivity contribution is 5.94. The van der Waals surface area contributed by atoms with Crippen molar-refractivity contribution in [2.45, 2.75) is 0 Å². The summed E-state index contributed by atoms with van der Waals surface area (Å²) < 4.78 is 24.5. The number of nitrogen functional groups attached to an aromatic ring is 1. The molecule has 110 valence electrons. The Balaban J connectivity index is 2.05. The molecule has 3 N–H and O–H groups in total. The lowest BCUT2D eigenvalue weighted by molar-refractivity contribution is 0.175. The fraction of sp³-hybridized carbons (Fsp3) is 0.0625. The Labute approximate surface area is 124 Å². The van der Waals surface area contributed by atoms with E-state index in [9.17, 15) is 9.18 Å². The number of pyridine rings is 1. The molecular formula is C16H11FN2O3. The van der Waals surface area contributed by atoms with Crippen LogP contribution in [0.4, 0.5) is 10.1 Å². The number of aromatic nitrogens is 1. The van der Waals surface area contributed by atoms with E-state index >= 15 is 0 Å². The lowest BCUT2D eigenvalue weighted by Gasteiger charge is -2.08. The van der Waals surface area contributed by atoms with E-state index in [1.807, 2.05) is 0 Å². The summed E-state index contributed by atoms with van der Waals surface area (Å²) in [5, 5.41) is 0.349. The van der Waals surface area contributed by atoms with Gasteiger partial charge in [0.15, 0.2) is 16.9 Å². The highest BCUT2D eigenvalue weighted by Gasteiger charge is 2.23. The average molecular weight is 298 g/mol. The number of aromatic amines is 1. The van der Waals surface area contributed by atoms with Crippen LogP contribution in [-0.4, -0.2) is 11.8 Å². The fourth-order valence-corrected chi connectivity index (χ4v) is 2.65. The summed E-state index contributed by atoms with van der Waals surface area (Å²) in [5.74, 6) is 0.291. The molecule has 0 radical (unpaired) electrons. The van der Waals surface area contributed by atoms with E-state index in [0.717, 1.165) is 0 Å². The van der Waals surface area contributed by atoms with Gasteiger partial charge in [0.1, 0.15) is 5.82 Å². The summed E-state index contributed by atoms with van der Waals surface area (Å²) in [6.07, 6.45) is 0. The van der Waals surface area contributed by atoms with Gasteiger partial charge in [-0.25, -0.2) is 4.39 Å². The second kappa shape index (κ2) is 4.49. The van der Waals surface area contributed by atoms with Crippen LogP contribution < -0.4 is 20.6 Å². The summed E-state index contributed by atoms with van der Waals surface area (Å²) in [5.41, 5.74) is 7.16. The summed E-state index contributed by atoms with van der Waals surface area (Å²) in [6, 6.07) is 9.17. The zero-order chi connectivity index (χ0) is 15.3. The maximum absolute atomic E-state index is 13.9. The van der Waals surface area contributed by atoms with Crippen LogP contribution >= 0.6 is 0 Å². The van der Waals surface area contributed by atoms with Crippen LogP contribution in [-0.2, 0) is 0 Å². The zero-order valence-electron chi connectivity index (χ0n) is 11.4. The standard InChI is InChI=1S/C16H11FN2O3/c17-9-4-2-1-3-8(9)11-6-13(20)14-12(19-11)5-10(18)15-16(14)22-7-21-15/h1-6H,7,18H2,(H,19,20). The summed E-state index contributed by atoms with van der Waals surface area (Å²) in [7, 11) is 0. The Morgan fingerprint density at radius 1 is 1.14 bits per heavy atom. The van der Waals surface area contributed by atoms with Crippen molar-refractivity contribution in [3.63, 3.8) is 0 Å². The molecule has 0 bridgehead atoms. The molecular weight excluding hydrogens is 287 g/mol. The first-order valence-electron chi connectivity index (χ1n) is 6.65. The molecule has 2 heterocycles. The molecule has 0 saturated carbocycles. The van der Waals surface area contributed by atoms with Crippen LogP contribution in [0.1, 0.15) is 0 Å². The number of hydrogen-bond donors (Lipinski definition) is 2. The number of halogens is 1. The zero-order valence-corrected chi connectivity index (χ0v) is 11.4. The fourth-order valence-electron chi connectivity index (χ4n) is 2.65. The van der Waals surface area contributed by atoms with Crippen molar-refractivity contribution in [1.29, 1.82) is 0 Å². The molecule has 0 unspecified atom stereocenters. The molecule has 0 amide bonds. The molecule has 0 fully saturated rings. The van der Waals surface area contributed by atoms with Gasteiger partial charge in [0, 0.05) is 11.6 Å². The van der Waals surface area contributed by atoms with Crippen molar-refractivity contribution in [1.82, 2.24) is 4.98 Å². The van der Waals surface area contributed by atoms with Gasteiger partial charge in [-0.3, -0.25) is 4.79 Å². The van der Waals surface area contributed by atoms with Gasteiger partial charge in [-0.15, -0.1) is 0 Å². The van der Waals surface area contributed by atoms with Crippen molar-refractivity contribution in [3.05, 3.63) is 52.4 Å².